The van der Waals surface area contributed by atoms with Crippen molar-refractivity contribution in [1.82, 2.24) is 5.32 Å². The van der Waals surface area contributed by atoms with Gasteiger partial charge in [-0.2, -0.15) is 0 Å². The second-order valence-electron chi connectivity index (χ2n) is 22.2. The molecule has 0 rings (SSSR count). The van der Waals surface area contributed by atoms with Crippen LogP contribution in [0.2, 0.25) is 0 Å². The van der Waals surface area contributed by atoms with Gasteiger partial charge in [0.15, 0.2) is 0 Å². The molecular formula is C72H127NO3. The number of aliphatic hydroxyl groups excluding tert-OH is 2. The molecule has 0 fully saturated rings. The first-order chi connectivity index (χ1) is 37.7. The van der Waals surface area contributed by atoms with Gasteiger partial charge < -0.3 is 15.5 Å². The molecule has 438 valence electrons. The summed E-state index contributed by atoms with van der Waals surface area (Å²) in [7, 11) is 0. The topological polar surface area (TPSA) is 69.6 Å². The summed E-state index contributed by atoms with van der Waals surface area (Å²) in [5.74, 6) is -0.0692. The molecule has 2 atom stereocenters. The van der Waals surface area contributed by atoms with E-state index < -0.39 is 12.1 Å². The van der Waals surface area contributed by atoms with Crippen molar-refractivity contribution >= 4 is 5.91 Å². The van der Waals surface area contributed by atoms with Gasteiger partial charge in [0, 0.05) is 6.42 Å². The Morgan fingerprint density at radius 1 is 0.329 bits per heavy atom. The van der Waals surface area contributed by atoms with E-state index in [2.05, 4.69) is 116 Å². The number of unbranched alkanes of at least 4 members (excludes halogenated alkanes) is 37. The molecule has 0 saturated carbocycles. The summed E-state index contributed by atoms with van der Waals surface area (Å²) in [4.78, 5) is 12.5. The highest BCUT2D eigenvalue weighted by atomic mass is 16.3. The van der Waals surface area contributed by atoms with Crippen LogP contribution in [-0.4, -0.2) is 34.9 Å². The van der Waals surface area contributed by atoms with Crippen molar-refractivity contribution in [2.45, 2.75) is 334 Å². The van der Waals surface area contributed by atoms with Crippen molar-refractivity contribution in [3.8, 4) is 0 Å². The average molecular weight is 1050 g/mol. The van der Waals surface area contributed by atoms with Crippen LogP contribution in [0.4, 0.5) is 0 Å². The predicted molar refractivity (Wildman–Crippen MR) is 340 cm³/mol. The van der Waals surface area contributed by atoms with Crippen molar-refractivity contribution in [3.63, 3.8) is 0 Å². The lowest BCUT2D eigenvalue weighted by Gasteiger charge is -2.20. The Hall–Kier alpha value is -2.95. The van der Waals surface area contributed by atoms with E-state index >= 15 is 0 Å². The first-order valence-corrected chi connectivity index (χ1v) is 33.1. The lowest BCUT2D eigenvalue weighted by molar-refractivity contribution is -0.123. The molecule has 0 bridgehead atoms. The number of rotatable bonds is 60. The minimum Gasteiger partial charge on any atom is -0.394 e. The molecule has 0 aliphatic carbocycles. The smallest absolute Gasteiger partial charge is 0.220 e. The van der Waals surface area contributed by atoms with Crippen LogP contribution in [0.1, 0.15) is 322 Å². The summed E-state index contributed by atoms with van der Waals surface area (Å²) in [6.45, 7) is 4.22. The normalized spacial score (nSPS) is 13.5. The second kappa shape index (κ2) is 66.3. The van der Waals surface area contributed by atoms with Gasteiger partial charge in [-0.3, -0.25) is 4.79 Å². The lowest BCUT2D eigenvalue weighted by Crippen LogP contribution is -2.45. The molecule has 0 aliphatic heterocycles. The number of allylic oxidation sites excluding steroid dienone is 17. The molecule has 0 spiro atoms. The van der Waals surface area contributed by atoms with Crippen LogP contribution < -0.4 is 5.32 Å². The molecule has 0 saturated heterocycles. The Morgan fingerprint density at radius 3 is 0.868 bits per heavy atom. The van der Waals surface area contributed by atoms with Gasteiger partial charge in [-0.1, -0.05) is 342 Å². The largest absolute Gasteiger partial charge is 0.394 e. The van der Waals surface area contributed by atoms with Gasteiger partial charge in [-0.05, 0) is 83.5 Å². The van der Waals surface area contributed by atoms with Crippen LogP contribution in [0, 0.1) is 0 Å². The highest BCUT2D eigenvalue weighted by Crippen LogP contribution is 2.17. The zero-order valence-corrected chi connectivity index (χ0v) is 50.5. The zero-order valence-electron chi connectivity index (χ0n) is 50.5. The van der Waals surface area contributed by atoms with Crippen molar-refractivity contribution in [1.29, 1.82) is 0 Å². The molecule has 3 N–H and O–H groups in total. The number of nitrogens with one attached hydrogen (secondary N) is 1. The predicted octanol–water partition coefficient (Wildman–Crippen LogP) is 22.6. The maximum Gasteiger partial charge on any atom is 0.220 e. The van der Waals surface area contributed by atoms with E-state index in [9.17, 15) is 15.0 Å². The van der Waals surface area contributed by atoms with Gasteiger partial charge in [0.25, 0.3) is 0 Å². The SMILES string of the molecule is CC/C=C\C/C=C\C/C=C\C/C=C\C/C=C\C/C=C\C/C=C\C/C=C\CCCCCCCCCCCCC(=O)NC(CO)C(O)/C=C/CCCCCCCCCCCCCCCCCCCCCCCCCCCCC. The number of aliphatic hydroxyl groups is 2. The first-order valence-electron chi connectivity index (χ1n) is 33.1. The summed E-state index contributed by atoms with van der Waals surface area (Å²) in [6, 6.07) is -0.633. The van der Waals surface area contributed by atoms with E-state index in [0.29, 0.717) is 6.42 Å². The van der Waals surface area contributed by atoms with Crippen molar-refractivity contribution in [3.05, 3.63) is 109 Å². The molecule has 0 aromatic rings. The van der Waals surface area contributed by atoms with E-state index in [-0.39, 0.29) is 12.5 Å². The molecule has 0 aliphatic rings. The van der Waals surface area contributed by atoms with E-state index in [1.807, 2.05) is 6.08 Å². The molecule has 0 radical (unpaired) electrons. The van der Waals surface area contributed by atoms with Crippen LogP contribution in [0.3, 0.4) is 0 Å². The monoisotopic (exact) mass is 1050 g/mol. The van der Waals surface area contributed by atoms with Crippen LogP contribution in [0.5, 0.6) is 0 Å². The van der Waals surface area contributed by atoms with E-state index in [1.165, 1.54) is 225 Å². The molecular weight excluding hydrogens is 927 g/mol. The molecule has 2 unspecified atom stereocenters. The van der Waals surface area contributed by atoms with E-state index in [4.69, 9.17) is 0 Å². The van der Waals surface area contributed by atoms with E-state index in [0.717, 1.165) is 77.0 Å². The first kappa shape index (κ1) is 73.0. The highest BCUT2D eigenvalue weighted by Gasteiger charge is 2.18. The van der Waals surface area contributed by atoms with Crippen molar-refractivity contribution in [2.75, 3.05) is 6.61 Å². The Morgan fingerprint density at radius 2 is 0.579 bits per heavy atom. The summed E-state index contributed by atoms with van der Waals surface area (Å²) < 4.78 is 0. The summed E-state index contributed by atoms with van der Waals surface area (Å²) in [5.41, 5.74) is 0. The Bertz CT molecular complexity index is 1430. The fraction of sp³-hybridized carbons (Fsp3) is 0.736. The van der Waals surface area contributed by atoms with Crippen LogP contribution >= 0.6 is 0 Å². The number of hydrogen-bond donors (Lipinski definition) is 3. The third-order valence-electron chi connectivity index (χ3n) is 14.8. The minimum atomic E-state index is -0.850. The van der Waals surface area contributed by atoms with Gasteiger partial charge >= 0.3 is 0 Å². The maximum atomic E-state index is 12.5. The third-order valence-corrected chi connectivity index (χ3v) is 14.8. The number of carbonyl (C=O) groups is 1. The number of hydrogen-bond acceptors (Lipinski definition) is 3. The van der Waals surface area contributed by atoms with Gasteiger partial charge in [0.2, 0.25) is 5.91 Å². The average Bonchev–Trinajstić information content (AvgIpc) is 3.42. The fourth-order valence-electron chi connectivity index (χ4n) is 9.79. The molecule has 1 amide bonds. The summed E-state index contributed by atoms with van der Waals surface area (Å²) >= 11 is 0. The van der Waals surface area contributed by atoms with Crippen LogP contribution in [0.15, 0.2) is 109 Å². The Labute approximate surface area is 474 Å². The summed E-state index contributed by atoms with van der Waals surface area (Å²) in [5, 5.41) is 23.3. The fourth-order valence-corrected chi connectivity index (χ4v) is 9.79. The molecule has 0 aromatic heterocycles. The zero-order chi connectivity index (χ0) is 54.8. The standard InChI is InChI=1S/C72H127NO3/c1-3-5-7-9-11-13-15-17-19-21-23-25-27-29-31-33-34-35-36-37-38-40-42-44-46-48-50-52-54-56-58-60-62-64-66-68-72(76)73-70(69-74)71(75)67-65-63-61-59-57-55-53-51-49-47-45-43-41-39-32-30-28-26-24-22-20-18-16-14-12-10-8-6-4-2/h5,7,11,13,17,19,23,25,29,31,34-35,37-38,42,44,65,67,70-71,74-75H,3-4,6,8-10,12,14-16,18,20-22,24,26-28,30,32-33,36,39-41,43,45-64,66,68-69H2,1-2H3,(H,73,76)/b7-5-,13-11-,19-17-,25-23-,31-29-,35-34-,38-37-,44-42-,67-65+. The van der Waals surface area contributed by atoms with Gasteiger partial charge in [-0.25, -0.2) is 0 Å². The number of carbonyl (C=O) groups excluding carboxylic acids is 1. The molecule has 4 nitrogen and oxygen atoms in total. The lowest BCUT2D eigenvalue weighted by atomic mass is 10.0. The highest BCUT2D eigenvalue weighted by molar-refractivity contribution is 5.76. The van der Waals surface area contributed by atoms with Crippen LogP contribution in [-0.2, 0) is 4.79 Å². The van der Waals surface area contributed by atoms with Crippen LogP contribution in [0.25, 0.3) is 0 Å². The van der Waals surface area contributed by atoms with E-state index in [1.54, 1.807) is 6.08 Å². The van der Waals surface area contributed by atoms with Gasteiger partial charge in [0.05, 0.1) is 18.8 Å². The maximum absolute atomic E-state index is 12.5. The Balaban J connectivity index is 3.54. The van der Waals surface area contributed by atoms with Crippen molar-refractivity contribution < 1.29 is 15.0 Å². The second-order valence-corrected chi connectivity index (χ2v) is 22.2. The van der Waals surface area contributed by atoms with Gasteiger partial charge in [0.1, 0.15) is 0 Å². The quantitative estimate of drug-likeness (QED) is 0.0420. The summed E-state index contributed by atoms with van der Waals surface area (Å²) in [6.07, 6.45) is 100. The van der Waals surface area contributed by atoms with Crippen molar-refractivity contribution in [2.24, 2.45) is 0 Å². The molecule has 0 heterocycles. The molecule has 76 heavy (non-hydrogen) atoms. The third kappa shape index (κ3) is 61.9. The Kier molecular flexibility index (Phi) is 63.8. The molecule has 4 heteroatoms. The number of amides is 1. The molecule has 0 aromatic carbocycles. The van der Waals surface area contributed by atoms with Gasteiger partial charge in [-0.15, -0.1) is 0 Å². The minimum absolute atomic E-state index is 0.0692.